The van der Waals surface area contributed by atoms with Crippen molar-refractivity contribution in [3.8, 4) is 5.88 Å². The normalized spacial score (nSPS) is 31.8. The van der Waals surface area contributed by atoms with Gasteiger partial charge in [-0.25, -0.2) is 0 Å². The topological polar surface area (TPSA) is 79.7 Å². The van der Waals surface area contributed by atoms with Crippen molar-refractivity contribution in [3.05, 3.63) is 0 Å². The van der Waals surface area contributed by atoms with E-state index < -0.39 is 62.6 Å². The van der Waals surface area contributed by atoms with Crippen LogP contribution in [0.1, 0.15) is 33.1 Å². The summed E-state index contributed by atoms with van der Waals surface area (Å²) in [4.78, 5) is 0.587. The minimum absolute atomic E-state index is 0.470. The van der Waals surface area contributed by atoms with E-state index in [-0.39, 0.29) is 0 Å². The largest absolute Gasteiger partial charge is 0.472 e. The van der Waals surface area contributed by atoms with Crippen LogP contribution in [0.25, 0.3) is 0 Å². The second-order valence-corrected chi connectivity index (χ2v) is 5.62. The van der Waals surface area contributed by atoms with Gasteiger partial charge in [0.05, 0.1) is 34.5 Å². The monoisotopic (exact) mass is 325 g/mol. The fourth-order valence-corrected chi connectivity index (χ4v) is 1.69. The van der Waals surface area contributed by atoms with Crippen molar-refractivity contribution in [2.24, 2.45) is 0 Å². The van der Waals surface area contributed by atoms with Crippen LogP contribution in [0.2, 0.25) is 0 Å². The Morgan fingerprint density at radius 3 is 2.95 bits per heavy atom. The molecule has 1 aliphatic heterocycles. The summed E-state index contributed by atoms with van der Waals surface area (Å²) in [6, 6.07) is 0. The van der Waals surface area contributed by atoms with E-state index in [0.29, 0.717) is 16.6 Å². The molecule has 1 aromatic heterocycles. The zero-order valence-electron chi connectivity index (χ0n) is 20.9. The van der Waals surface area contributed by atoms with E-state index in [1.165, 1.54) is 0 Å². The number of aliphatic hydroxyl groups is 1. The number of anilines is 1. The van der Waals surface area contributed by atoms with E-state index >= 15 is 0 Å². The minimum atomic E-state index is -3.49. The number of nitrogens with one attached hydrogen (secondary N) is 1. The highest BCUT2D eigenvalue weighted by molar-refractivity contribution is 6.99. The van der Waals surface area contributed by atoms with Gasteiger partial charge >= 0.3 is 0 Å². The number of β-amino-alcohol motifs (C(OH)–C–C–N with tert-alkyl or cyclic N) is 1. The van der Waals surface area contributed by atoms with Gasteiger partial charge in [-0.2, -0.15) is 4.37 Å². The molecule has 0 aromatic carbocycles. The highest BCUT2D eigenvalue weighted by Crippen LogP contribution is 2.26. The Bertz CT molecular complexity index is 753. The van der Waals surface area contributed by atoms with Crippen LogP contribution < -0.4 is 15.0 Å². The summed E-state index contributed by atoms with van der Waals surface area (Å²) in [5, 5.41) is 12.8. The molecule has 0 unspecified atom stereocenters. The Labute approximate surface area is 142 Å². The number of aromatic nitrogens is 2. The van der Waals surface area contributed by atoms with E-state index in [2.05, 4.69) is 14.1 Å². The molecule has 1 aromatic rings. The maximum Gasteiger partial charge on any atom is 0.270 e. The van der Waals surface area contributed by atoms with E-state index in [9.17, 15) is 5.11 Å². The van der Waals surface area contributed by atoms with Gasteiger partial charge in [0.15, 0.2) is 0 Å². The van der Waals surface area contributed by atoms with Crippen molar-refractivity contribution in [3.63, 3.8) is 0 Å². The average Bonchev–Trinajstić information content (AvgIpc) is 2.89. The Hall–Kier alpha value is -0.960. The maximum absolute atomic E-state index is 10.4. The highest BCUT2D eigenvalue weighted by Gasteiger charge is 2.21. The van der Waals surface area contributed by atoms with Crippen LogP contribution in [-0.2, 0) is 4.74 Å². The second kappa shape index (κ2) is 7.35. The van der Waals surface area contributed by atoms with Gasteiger partial charge in [0.25, 0.3) is 5.88 Å². The number of hydrogen-bond donors (Lipinski definition) is 2. The van der Waals surface area contributed by atoms with Crippen molar-refractivity contribution in [2.45, 2.75) is 32.4 Å². The van der Waals surface area contributed by atoms with Gasteiger partial charge < -0.3 is 24.8 Å². The lowest BCUT2D eigenvalue weighted by Gasteiger charge is -2.27. The summed E-state index contributed by atoms with van der Waals surface area (Å²) < 4.78 is 89.4. The van der Waals surface area contributed by atoms with Crippen LogP contribution in [0.5, 0.6) is 5.88 Å². The van der Waals surface area contributed by atoms with Crippen LogP contribution in [-0.4, -0.2) is 64.7 Å². The highest BCUT2D eigenvalue weighted by atomic mass is 32.1. The molecular formula is C13H24N4O3S. The lowest BCUT2D eigenvalue weighted by atomic mass is 10.1. The van der Waals surface area contributed by atoms with E-state index in [4.69, 9.17) is 21.8 Å². The van der Waals surface area contributed by atoms with Crippen molar-refractivity contribution in [1.29, 1.82) is 0 Å². The minimum Gasteiger partial charge on any atom is -0.472 e. The van der Waals surface area contributed by atoms with E-state index in [1.54, 1.807) is 20.8 Å². The van der Waals surface area contributed by atoms with E-state index in [0.717, 1.165) is 0 Å². The first kappa shape index (κ1) is 8.05. The first-order valence-electron chi connectivity index (χ1n) is 10.6. The van der Waals surface area contributed by atoms with Gasteiger partial charge in [0.2, 0.25) is 5.82 Å². The molecule has 0 saturated carbocycles. The Kier molecular flexibility index (Phi) is 2.82. The predicted molar refractivity (Wildman–Crippen MR) is 82.2 cm³/mol. The third kappa shape index (κ3) is 5.39. The van der Waals surface area contributed by atoms with Gasteiger partial charge in [0.1, 0.15) is 12.6 Å². The summed E-state index contributed by atoms with van der Waals surface area (Å²) >= 11 is 0.470. The van der Waals surface area contributed by atoms with Crippen LogP contribution in [0, 0.1) is 0 Å². The number of nitrogens with zero attached hydrogens (tertiary/aromatic N) is 3. The molecule has 120 valence electrons. The molecule has 1 saturated heterocycles. The Balaban J connectivity index is 2.41. The zero-order chi connectivity index (χ0) is 23.4. The molecule has 8 heteroatoms. The molecule has 1 fully saturated rings. The fraction of sp³-hybridized carbons (Fsp3) is 0.846. The predicted octanol–water partition coefficient (Wildman–Crippen LogP) is 0.502. The van der Waals surface area contributed by atoms with Crippen molar-refractivity contribution in [1.82, 2.24) is 14.1 Å². The summed E-state index contributed by atoms with van der Waals surface area (Å²) in [6.45, 7) is -7.49. The number of morpholine rings is 1. The summed E-state index contributed by atoms with van der Waals surface area (Å²) in [5.74, 6) is -1.20. The molecule has 2 N–H and O–H groups in total. The summed E-state index contributed by atoms with van der Waals surface area (Å²) in [6.07, 6.45) is -3.49. The molecule has 1 aliphatic rings. The Morgan fingerprint density at radius 2 is 2.29 bits per heavy atom. The molecule has 0 aliphatic carbocycles. The third-order valence-corrected chi connectivity index (χ3v) is 2.61. The van der Waals surface area contributed by atoms with Crippen LogP contribution >= 0.6 is 11.7 Å². The van der Waals surface area contributed by atoms with Crippen LogP contribution in [0.15, 0.2) is 0 Å². The third-order valence-electron chi connectivity index (χ3n) is 2.10. The number of hydrogen-bond acceptors (Lipinski definition) is 8. The van der Waals surface area contributed by atoms with Crippen LogP contribution in [0.3, 0.4) is 0 Å². The SMILES string of the molecule is [2H]C1([2H])COCC([2H])([2H])N1c1nsnc1OC([2H])([2H])[C@]([2H])(O)C([2H])([2H])NC(C)(C)C. The summed E-state index contributed by atoms with van der Waals surface area (Å²) in [5.41, 5.74) is -0.929. The van der Waals surface area contributed by atoms with Gasteiger partial charge in [0, 0.05) is 27.8 Å². The molecule has 21 heavy (non-hydrogen) atoms. The molecular weight excluding hydrogens is 292 g/mol. The van der Waals surface area contributed by atoms with Gasteiger partial charge in [-0.15, -0.1) is 4.37 Å². The molecule has 0 amide bonds. The molecule has 2 heterocycles. The molecule has 0 spiro atoms. The molecule has 7 nitrogen and oxygen atoms in total. The maximum atomic E-state index is 10.4. The molecule has 2 rings (SSSR count). The average molecular weight is 325 g/mol. The lowest BCUT2D eigenvalue weighted by Crippen LogP contribution is -2.42. The van der Waals surface area contributed by atoms with Gasteiger partial charge in [-0.1, -0.05) is 0 Å². The Morgan fingerprint density at radius 1 is 1.57 bits per heavy atom. The first-order valence-corrected chi connectivity index (χ1v) is 6.88. The molecule has 0 bridgehead atoms. The second-order valence-electron chi connectivity index (χ2n) is 5.09. The first-order chi connectivity index (χ1) is 13.2. The number of rotatable bonds is 6. The smallest absolute Gasteiger partial charge is 0.270 e. The zero-order valence-corrected chi connectivity index (χ0v) is 12.7. The van der Waals surface area contributed by atoms with Gasteiger partial charge in [-0.05, 0) is 20.8 Å². The lowest BCUT2D eigenvalue weighted by molar-refractivity contribution is 0.0975. The number of ether oxygens (including phenoxy) is 2. The van der Waals surface area contributed by atoms with Crippen LogP contribution in [0.4, 0.5) is 5.82 Å². The standard InChI is InChI=1S/C13H24N4O3S/c1-13(2,3)14-8-10(18)9-20-12-11(15-21-16-12)17-4-6-19-7-5-17/h10,14,18H,4-9H2,1-3H3/t10-/m1/s1/i4D2,5D2,8D2,9D2,10D. The molecule has 1 atom stereocenters. The fourth-order valence-electron chi connectivity index (χ4n) is 1.22. The summed E-state index contributed by atoms with van der Waals surface area (Å²) in [7, 11) is 0. The van der Waals surface area contributed by atoms with Gasteiger partial charge in [-0.3, -0.25) is 0 Å². The van der Waals surface area contributed by atoms with Crippen molar-refractivity contribution < 1.29 is 26.9 Å². The van der Waals surface area contributed by atoms with Crippen molar-refractivity contribution in [2.75, 3.05) is 44.2 Å². The molecule has 0 radical (unpaired) electrons. The quantitative estimate of drug-likeness (QED) is 0.788. The van der Waals surface area contributed by atoms with E-state index in [1.807, 2.05) is 0 Å². The van der Waals surface area contributed by atoms with Crippen molar-refractivity contribution >= 4 is 17.5 Å².